The summed E-state index contributed by atoms with van der Waals surface area (Å²) in [5, 5.41) is 0. The molecule has 2 aromatic carbocycles. The van der Waals surface area contributed by atoms with Crippen LogP contribution >= 0.6 is 22.6 Å². The molecule has 0 radical (unpaired) electrons. The van der Waals surface area contributed by atoms with Gasteiger partial charge in [-0.05, 0) is 46.4 Å². The van der Waals surface area contributed by atoms with Gasteiger partial charge in [0.05, 0.1) is 25.6 Å². The molecule has 3 rings (SSSR count). The molecule has 1 heterocycles. The molecule has 0 saturated heterocycles. The van der Waals surface area contributed by atoms with E-state index in [1.54, 1.807) is 7.11 Å². The molecule has 0 aromatic heterocycles. The number of sulfonamides is 1. The Labute approximate surface area is 150 Å². The standard InChI is InChI=1S/C17H16INO3S/c1-22-13-9-7-12(8-10-13)17-14-5-3-4-6-16(14)19(11-15(17)18)23(2,20)21/h3-10H,11H2,1-2H3. The average molecular weight is 441 g/mol. The highest BCUT2D eigenvalue weighted by atomic mass is 127. The quantitative estimate of drug-likeness (QED) is 0.684. The first-order chi connectivity index (χ1) is 10.9. The van der Waals surface area contributed by atoms with Crippen molar-refractivity contribution in [1.82, 2.24) is 0 Å². The van der Waals surface area contributed by atoms with Gasteiger partial charge < -0.3 is 4.74 Å². The average Bonchev–Trinajstić information content (AvgIpc) is 2.53. The Hall–Kier alpha value is -1.54. The molecular formula is C17H16INO3S. The van der Waals surface area contributed by atoms with Crippen LogP contribution < -0.4 is 9.04 Å². The normalized spacial score (nSPS) is 14.7. The highest BCUT2D eigenvalue weighted by Gasteiger charge is 2.28. The second-order valence-corrected chi connectivity index (χ2v) is 8.50. The molecule has 2 aromatic rings. The van der Waals surface area contributed by atoms with E-state index in [0.29, 0.717) is 6.54 Å². The van der Waals surface area contributed by atoms with Gasteiger partial charge in [-0.3, -0.25) is 4.31 Å². The summed E-state index contributed by atoms with van der Waals surface area (Å²) in [5.74, 6) is 0.797. The Kier molecular flexibility index (Phi) is 4.37. The molecule has 0 amide bonds. The first kappa shape index (κ1) is 16.3. The fraction of sp³-hybridized carbons (Fsp3) is 0.176. The van der Waals surface area contributed by atoms with Crippen LogP contribution in [0.3, 0.4) is 0 Å². The summed E-state index contributed by atoms with van der Waals surface area (Å²) in [6.07, 6.45) is 1.24. The van der Waals surface area contributed by atoms with E-state index in [1.165, 1.54) is 10.6 Å². The zero-order valence-corrected chi connectivity index (χ0v) is 15.8. The zero-order chi connectivity index (χ0) is 16.6. The summed E-state index contributed by atoms with van der Waals surface area (Å²) in [5.41, 5.74) is 3.78. The molecular weight excluding hydrogens is 425 g/mol. The van der Waals surface area contributed by atoms with Gasteiger partial charge in [-0.1, -0.05) is 30.3 Å². The van der Waals surface area contributed by atoms with Gasteiger partial charge in [0.15, 0.2) is 0 Å². The van der Waals surface area contributed by atoms with Crippen molar-refractivity contribution in [3.8, 4) is 5.75 Å². The van der Waals surface area contributed by atoms with E-state index in [2.05, 4.69) is 22.6 Å². The highest BCUT2D eigenvalue weighted by molar-refractivity contribution is 14.1. The van der Waals surface area contributed by atoms with Gasteiger partial charge in [0.1, 0.15) is 5.75 Å². The summed E-state index contributed by atoms with van der Waals surface area (Å²) < 4.78 is 31.9. The van der Waals surface area contributed by atoms with Crippen molar-refractivity contribution in [3.05, 3.63) is 63.2 Å². The molecule has 0 saturated carbocycles. The smallest absolute Gasteiger partial charge is 0.232 e. The second kappa shape index (κ2) is 6.16. The Morgan fingerprint density at radius 2 is 1.74 bits per heavy atom. The van der Waals surface area contributed by atoms with Crippen LogP contribution in [0.5, 0.6) is 5.75 Å². The number of methoxy groups -OCH3 is 1. The summed E-state index contributed by atoms with van der Waals surface area (Å²) in [6.45, 7) is 0.359. The Balaban J connectivity index is 2.18. The largest absolute Gasteiger partial charge is 0.497 e. The third kappa shape index (κ3) is 3.10. The molecule has 0 atom stereocenters. The van der Waals surface area contributed by atoms with Crippen LogP contribution in [0, 0.1) is 0 Å². The van der Waals surface area contributed by atoms with Crippen molar-refractivity contribution in [2.45, 2.75) is 0 Å². The molecule has 0 spiro atoms. The van der Waals surface area contributed by atoms with Gasteiger partial charge in [-0.25, -0.2) is 8.42 Å². The van der Waals surface area contributed by atoms with Crippen LogP contribution in [0.2, 0.25) is 0 Å². The third-order valence-corrected chi connectivity index (χ3v) is 5.78. The Morgan fingerprint density at radius 1 is 1.09 bits per heavy atom. The fourth-order valence-electron chi connectivity index (χ4n) is 2.70. The van der Waals surface area contributed by atoms with Crippen LogP contribution in [0.4, 0.5) is 5.69 Å². The molecule has 0 fully saturated rings. The topological polar surface area (TPSA) is 46.6 Å². The van der Waals surface area contributed by atoms with Crippen LogP contribution in [-0.4, -0.2) is 28.3 Å². The number of ether oxygens (including phenoxy) is 1. The van der Waals surface area contributed by atoms with Gasteiger partial charge in [-0.15, -0.1) is 0 Å². The van der Waals surface area contributed by atoms with E-state index in [0.717, 1.165) is 31.7 Å². The van der Waals surface area contributed by atoms with Crippen molar-refractivity contribution >= 4 is 43.9 Å². The number of rotatable bonds is 3. The SMILES string of the molecule is COc1ccc(C2=C(I)CN(S(C)(=O)=O)c3ccccc32)cc1. The lowest BCUT2D eigenvalue weighted by molar-refractivity contribution is 0.415. The van der Waals surface area contributed by atoms with E-state index in [-0.39, 0.29) is 0 Å². The lowest BCUT2D eigenvalue weighted by atomic mass is 9.94. The summed E-state index contributed by atoms with van der Waals surface area (Å²) in [7, 11) is -1.68. The van der Waals surface area contributed by atoms with E-state index < -0.39 is 10.0 Å². The predicted molar refractivity (Wildman–Crippen MR) is 102 cm³/mol. The van der Waals surface area contributed by atoms with Crippen molar-refractivity contribution in [2.24, 2.45) is 0 Å². The number of para-hydroxylation sites is 1. The van der Waals surface area contributed by atoms with Gasteiger partial charge in [0.25, 0.3) is 0 Å². The molecule has 0 bridgehead atoms. The lowest BCUT2D eigenvalue weighted by Crippen LogP contribution is -2.34. The Bertz CT molecular complexity index is 873. The van der Waals surface area contributed by atoms with Crippen molar-refractivity contribution in [1.29, 1.82) is 0 Å². The van der Waals surface area contributed by atoms with Crippen LogP contribution in [0.15, 0.2) is 52.1 Å². The maximum absolute atomic E-state index is 12.1. The monoisotopic (exact) mass is 441 g/mol. The first-order valence-corrected chi connectivity index (χ1v) is 9.94. The minimum Gasteiger partial charge on any atom is -0.497 e. The zero-order valence-electron chi connectivity index (χ0n) is 12.8. The molecule has 23 heavy (non-hydrogen) atoms. The number of fused-ring (bicyclic) bond motifs is 1. The first-order valence-electron chi connectivity index (χ1n) is 7.02. The summed E-state index contributed by atoms with van der Waals surface area (Å²) >= 11 is 2.23. The number of nitrogens with zero attached hydrogens (tertiary/aromatic N) is 1. The third-order valence-electron chi connectivity index (χ3n) is 3.77. The van der Waals surface area contributed by atoms with Gasteiger partial charge >= 0.3 is 0 Å². The number of hydrogen-bond donors (Lipinski definition) is 0. The predicted octanol–water partition coefficient (Wildman–Crippen LogP) is 3.67. The molecule has 6 heteroatoms. The van der Waals surface area contributed by atoms with Gasteiger partial charge in [0, 0.05) is 14.7 Å². The Morgan fingerprint density at radius 3 is 2.35 bits per heavy atom. The van der Waals surface area contributed by atoms with Crippen molar-refractivity contribution in [3.63, 3.8) is 0 Å². The molecule has 120 valence electrons. The van der Waals surface area contributed by atoms with Crippen molar-refractivity contribution in [2.75, 3.05) is 24.2 Å². The number of anilines is 1. The minimum atomic E-state index is -3.31. The lowest BCUT2D eigenvalue weighted by Gasteiger charge is -2.31. The van der Waals surface area contributed by atoms with E-state index in [4.69, 9.17) is 4.74 Å². The van der Waals surface area contributed by atoms with Gasteiger partial charge in [-0.2, -0.15) is 0 Å². The van der Waals surface area contributed by atoms with E-state index in [9.17, 15) is 8.42 Å². The minimum absolute atomic E-state index is 0.359. The second-order valence-electron chi connectivity index (χ2n) is 5.30. The molecule has 1 aliphatic heterocycles. The molecule has 0 unspecified atom stereocenters. The van der Waals surface area contributed by atoms with Crippen LogP contribution in [-0.2, 0) is 10.0 Å². The maximum Gasteiger partial charge on any atom is 0.232 e. The van der Waals surface area contributed by atoms with Crippen LogP contribution in [0.1, 0.15) is 11.1 Å². The maximum atomic E-state index is 12.1. The fourth-order valence-corrected chi connectivity index (χ4v) is 4.76. The summed E-state index contributed by atoms with van der Waals surface area (Å²) in [6, 6.07) is 15.4. The van der Waals surface area contributed by atoms with Gasteiger partial charge in [0.2, 0.25) is 10.0 Å². The molecule has 4 nitrogen and oxygen atoms in total. The van der Waals surface area contributed by atoms with E-state index >= 15 is 0 Å². The number of halogens is 1. The number of benzene rings is 2. The summed E-state index contributed by atoms with van der Waals surface area (Å²) in [4.78, 5) is 0. The van der Waals surface area contributed by atoms with Crippen LogP contribution in [0.25, 0.3) is 5.57 Å². The molecule has 1 aliphatic rings. The molecule has 0 aliphatic carbocycles. The van der Waals surface area contributed by atoms with E-state index in [1.807, 2.05) is 48.5 Å². The molecule has 0 N–H and O–H groups in total. The van der Waals surface area contributed by atoms with Crippen molar-refractivity contribution < 1.29 is 13.2 Å². The highest BCUT2D eigenvalue weighted by Crippen LogP contribution is 2.41. The number of hydrogen-bond acceptors (Lipinski definition) is 3.